The second kappa shape index (κ2) is 8.52. The number of rotatable bonds is 6. The van der Waals surface area contributed by atoms with Gasteiger partial charge in [-0.15, -0.1) is 11.3 Å². The summed E-state index contributed by atoms with van der Waals surface area (Å²) >= 11 is 1.18. The van der Waals surface area contributed by atoms with Crippen molar-refractivity contribution in [2.45, 2.75) is 13.5 Å². The van der Waals surface area contributed by atoms with Crippen molar-refractivity contribution in [2.24, 2.45) is 0 Å². The molecular formula is C22H19FN2O4S2. The number of nitrogens with zero attached hydrogens (tertiary/aromatic N) is 1. The number of nitrogens with one attached hydrogen (secondary N) is 1. The molecule has 0 unspecified atom stereocenters. The van der Waals surface area contributed by atoms with Gasteiger partial charge < -0.3 is 10.1 Å². The minimum atomic E-state index is -4.12. The number of thiophene rings is 1. The summed E-state index contributed by atoms with van der Waals surface area (Å²) in [6.07, 6.45) is 1.22. The highest BCUT2D eigenvalue weighted by Gasteiger charge is 2.41. The molecule has 1 aromatic heterocycles. The Kier molecular flexibility index (Phi) is 5.79. The molecule has 0 fully saturated rings. The topological polar surface area (TPSA) is 75.7 Å². The molecule has 1 aliphatic rings. The predicted molar refractivity (Wildman–Crippen MR) is 119 cm³/mol. The SMILES string of the molecule is CCOc1ccc(N/C=C2/C(=O)c3sccc3N(Cc3ccc(F)cc3)S2(=O)=O)cc1. The Bertz CT molecular complexity index is 1230. The van der Waals surface area contributed by atoms with Gasteiger partial charge in [0.1, 0.15) is 16.4 Å². The van der Waals surface area contributed by atoms with Crippen LogP contribution < -0.4 is 14.4 Å². The second-order valence-electron chi connectivity index (χ2n) is 6.71. The van der Waals surface area contributed by atoms with Crippen molar-refractivity contribution in [3.05, 3.63) is 87.3 Å². The zero-order valence-electron chi connectivity index (χ0n) is 16.5. The van der Waals surface area contributed by atoms with Gasteiger partial charge in [0, 0.05) is 11.9 Å². The Morgan fingerprint density at radius 3 is 2.48 bits per heavy atom. The Hall–Kier alpha value is -3.17. The number of fused-ring (bicyclic) bond motifs is 1. The van der Waals surface area contributed by atoms with E-state index in [1.54, 1.807) is 35.7 Å². The molecule has 3 aromatic rings. The van der Waals surface area contributed by atoms with Crippen LogP contribution in [0.25, 0.3) is 0 Å². The van der Waals surface area contributed by atoms with Crippen LogP contribution in [0.3, 0.4) is 0 Å². The molecule has 2 heterocycles. The number of sulfonamides is 1. The molecule has 0 amide bonds. The lowest BCUT2D eigenvalue weighted by molar-refractivity contribution is 0.104. The van der Waals surface area contributed by atoms with Crippen LogP contribution in [-0.2, 0) is 16.6 Å². The summed E-state index contributed by atoms with van der Waals surface area (Å²) in [6.45, 7) is 2.41. The van der Waals surface area contributed by atoms with E-state index < -0.39 is 21.6 Å². The fourth-order valence-corrected chi connectivity index (χ4v) is 5.66. The number of anilines is 2. The van der Waals surface area contributed by atoms with Crippen LogP contribution >= 0.6 is 11.3 Å². The maximum absolute atomic E-state index is 13.3. The van der Waals surface area contributed by atoms with Gasteiger partial charge in [0.25, 0.3) is 10.0 Å². The molecule has 1 aliphatic heterocycles. The Morgan fingerprint density at radius 2 is 1.81 bits per heavy atom. The van der Waals surface area contributed by atoms with Gasteiger partial charge in [-0.05, 0) is 60.3 Å². The van der Waals surface area contributed by atoms with E-state index in [4.69, 9.17) is 4.74 Å². The van der Waals surface area contributed by atoms with Gasteiger partial charge in [-0.2, -0.15) is 0 Å². The summed E-state index contributed by atoms with van der Waals surface area (Å²) in [6, 6.07) is 14.2. The first-order valence-corrected chi connectivity index (χ1v) is 11.8. The molecule has 2 aromatic carbocycles. The first-order valence-electron chi connectivity index (χ1n) is 9.49. The minimum absolute atomic E-state index is 0.0139. The lowest BCUT2D eigenvalue weighted by Crippen LogP contribution is -2.38. The number of allylic oxidation sites excluding steroid dienone is 1. The standard InChI is InChI=1S/C22H19FN2O4S2/c1-2-29-18-9-7-17(8-10-18)24-13-20-21(26)22-19(11-12-30-22)25(31(20,27)28)14-15-3-5-16(23)6-4-15/h3-13,24H,2,14H2,1H3/b20-13-. The number of benzene rings is 2. The lowest BCUT2D eigenvalue weighted by Gasteiger charge is -2.29. The van der Waals surface area contributed by atoms with E-state index in [1.807, 2.05) is 6.92 Å². The summed E-state index contributed by atoms with van der Waals surface area (Å²) in [5.41, 5.74) is 1.55. The quantitative estimate of drug-likeness (QED) is 0.539. The molecule has 0 saturated heterocycles. The highest BCUT2D eigenvalue weighted by Crippen LogP contribution is 2.39. The molecular weight excluding hydrogens is 439 g/mol. The van der Waals surface area contributed by atoms with E-state index >= 15 is 0 Å². The lowest BCUT2D eigenvalue weighted by atomic mass is 10.2. The van der Waals surface area contributed by atoms with Gasteiger partial charge in [-0.25, -0.2) is 12.8 Å². The molecule has 0 bridgehead atoms. The largest absolute Gasteiger partial charge is 0.494 e. The highest BCUT2D eigenvalue weighted by atomic mass is 32.2. The summed E-state index contributed by atoms with van der Waals surface area (Å²) in [7, 11) is -4.12. The van der Waals surface area contributed by atoms with Gasteiger partial charge in [0.2, 0.25) is 5.78 Å². The third-order valence-electron chi connectivity index (χ3n) is 4.69. The van der Waals surface area contributed by atoms with Crippen molar-refractivity contribution in [1.82, 2.24) is 0 Å². The molecule has 4 rings (SSSR count). The van der Waals surface area contributed by atoms with Gasteiger partial charge in [0.05, 0.1) is 18.8 Å². The number of hydrogen-bond donors (Lipinski definition) is 1. The van der Waals surface area contributed by atoms with Gasteiger partial charge in [-0.3, -0.25) is 9.10 Å². The zero-order valence-corrected chi connectivity index (χ0v) is 18.2. The van der Waals surface area contributed by atoms with Gasteiger partial charge in [-0.1, -0.05) is 12.1 Å². The molecule has 0 radical (unpaired) electrons. The number of carbonyl (C=O) groups excluding carboxylic acids is 1. The fraction of sp³-hybridized carbons (Fsp3) is 0.136. The van der Waals surface area contributed by atoms with Crippen LogP contribution in [0.2, 0.25) is 0 Å². The van der Waals surface area contributed by atoms with Gasteiger partial charge in [0.15, 0.2) is 4.91 Å². The van der Waals surface area contributed by atoms with Crippen LogP contribution in [0.1, 0.15) is 22.2 Å². The summed E-state index contributed by atoms with van der Waals surface area (Å²) < 4.78 is 46.5. The third-order valence-corrected chi connectivity index (χ3v) is 7.35. The number of ether oxygens (including phenoxy) is 1. The maximum atomic E-state index is 13.3. The average molecular weight is 459 g/mol. The number of carbonyl (C=O) groups is 1. The van der Waals surface area contributed by atoms with Crippen molar-refractivity contribution >= 4 is 38.5 Å². The average Bonchev–Trinajstić information content (AvgIpc) is 3.23. The van der Waals surface area contributed by atoms with Crippen molar-refractivity contribution in [3.8, 4) is 5.75 Å². The van der Waals surface area contributed by atoms with Gasteiger partial charge >= 0.3 is 0 Å². The van der Waals surface area contributed by atoms with Crippen molar-refractivity contribution in [2.75, 3.05) is 16.2 Å². The minimum Gasteiger partial charge on any atom is -0.494 e. The molecule has 0 spiro atoms. The predicted octanol–water partition coefficient (Wildman–Crippen LogP) is 4.77. The van der Waals surface area contributed by atoms with Crippen molar-refractivity contribution in [1.29, 1.82) is 0 Å². The summed E-state index contributed by atoms with van der Waals surface area (Å²) in [5, 5.41) is 4.57. The molecule has 1 N–H and O–H groups in total. The molecule has 0 atom stereocenters. The first kappa shape index (κ1) is 21.1. The van der Waals surface area contributed by atoms with Crippen LogP contribution in [0.15, 0.2) is 71.1 Å². The highest BCUT2D eigenvalue weighted by molar-refractivity contribution is 7.97. The van der Waals surface area contributed by atoms with Crippen LogP contribution in [0.4, 0.5) is 15.8 Å². The van der Waals surface area contributed by atoms with Crippen molar-refractivity contribution < 1.29 is 22.3 Å². The Morgan fingerprint density at radius 1 is 1.10 bits per heavy atom. The molecule has 31 heavy (non-hydrogen) atoms. The molecule has 0 aliphatic carbocycles. The van der Waals surface area contributed by atoms with Crippen LogP contribution in [-0.4, -0.2) is 20.8 Å². The molecule has 9 heteroatoms. The smallest absolute Gasteiger partial charge is 0.270 e. The van der Waals surface area contributed by atoms with E-state index in [0.29, 0.717) is 34.2 Å². The van der Waals surface area contributed by atoms with Crippen LogP contribution in [0.5, 0.6) is 5.75 Å². The number of Topliss-reactive ketones (excluding diaryl/α,β-unsaturated/α-hetero) is 1. The number of ketones is 1. The first-order chi connectivity index (χ1) is 14.9. The summed E-state index contributed by atoms with van der Waals surface area (Å²) in [4.78, 5) is 12.9. The Labute approximate surface area is 183 Å². The third kappa shape index (κ3) is 4.19. The molecule has 160 valence electrons. The van der Waals surface area contributed by atoms with E-state index in [2.05, 4.69) is 5.32 Å². The van der Waals surface area contributed by atoms with E-state index in [1.165, 1.54) is 46.1 Å². The second-order valence-corrected chi connectivity index (χ2v) is 9.46. The Balaban J connectivity index is 1.67. The monoisotopic (exact) mass is 458 g/mol. The maximum Gasteiger partial charge on any atom is 0.270 e. The van der Waals surface area contributed by atoms with E-state index in [9.17, 15) is 17.6 Å². The fourth-order valence-electron chi connectivity index (χ4n) is 3.17. The number of halogens is 1. The normalized spacial score (nSPS) is 16.3. The van der Waals surface area contributed by atoms with E-state index in [0.717, 1.165) is 0 Å². The molecule has 0 saturated carbocycles. The van der Waals surface area contributed by atoms with E-state index in [-0.39, 0.29) is 11.4 Å². The van der Waals surface area contributed by atoms with Crippen molar-refractivity contribution in [3.63, 3.8) is 0 Å². The molecule has 6 nitrogen and oxygen atoms in total. The van der Waals surface area contributed by atoms with Crippen LogP contribution in [0, 0.1) is 5.82 Å². The number of hydrogen-bond acceptors (Lipinski definition) is 6. The summed E-state index contributed by atoms with van der Waals surface area (Å²) in [5.74, 6) is -0.272. The zero-order chi connectivity index (χ0) is 22.0.